The number of carbonyl (C=O) groups is 1. The molecule has 0 spiro atoms. The summed E-state index contributed by atoms with van der Waals surface area (Å²) < 4.78 is 16.1. The molecule has 1 heterocycles. The molecule has 3 N–H and O–H groups in total. The third kappa shape index (κ3) is 7.85. The smallest absolute Gasteiger partial charge is 0.329 e. The minimum absolute atomic E-state index is 0.181. The summed E-state index contributed by atoms with van der Waals surface area (Å²) in [5.41, 5.74) is 5.55. The van der Waals surface area contributed by atoms with Gasteiger partial charge in [0.2, 0.25) is 6.41 Å². The molecule has 132 valence electrons. The van der Waals surface area contributed by atoms with E-state index in [9.17, 15) is 9.69 Å². The van der Waals surface area contributed by atoms with Crippen LogP contribution in [0.15, 0.2) is 17.3 Å². The van der Waals surface area contributed by atoms with Crippen LogP contribution in [0.5, 0.6) is 0 Å². The lowest BCUT2D eigenvalue weighted by Crippen LogP contribution is -2.30. The Balaban J connectivity index is 2.33. The fourth-order valence-corrected chi connectivity index (χ4v) is 2.59. The quantitative estimate of drug-likeness (QED) is 0.193. The molecule has 1 aliphatic heterocycles. The van der Waals surface area contributed by atoms with Gasteiger partial charge in [-0.1, -0.05) is 13.3 Å². The van der Waals surface area contributed by atoms with E-state index < -0.39 is 8.60 Å². The minimum Gasteiger partial charge on any atom is -0.384 e. The maximum absolute atomic E-state index is 11.1. The van der Waals surface area contributed by atoms with Gasteiger partial charge in [-0.15, -0.1) is 0 Å². The maximum Gasteiger partial charge on any atom is 0.329 e. The number of hydrogen-bond acceptors (Lipinski definition) is 6. The summed E-state index contributed by atoms with van der Waals surface area (Å²) in [6.07, 6.45) is 6.51. The molecule has 3 unspecified atom stereocenters. The first-order chi connectivity index (χ1) is 11.1. The van der Waals surface area contributed by atoms with Crippen LogP contribution in [0, 0.1) is 0 Å². The average Bonchev–Trinajstić information content (AvgIpc) is 3.02. The highest BCUT2D eigenvalue weighted by atomic mass is 31.2. The summed E-state index contributed by atoms with van der Waals surface area (Å²) in [5.74, 6) is 0.324. The summed E-state index contributed by atoms with van der Waals surface area (Å²) in [7, 11) is -0.299. The number of ether oxygens (including phenoxy) is 1. The van der Waals surface area contributed by atoms with Crippen LogP contribution in [-0.2, 0) is 18.6 Å². The molecule has 23 heavy (non-hydrogen) atoms. The van der Waals surface area contributed by atoms with E-state index in [0.717, 1.165) is 19.3 Å². The van der Waals surface area contributed by atoms with Crippen molar-refractivity contribution in [1.29, 1.82) is 0 Å². The maximum atomic E-state index is 11.1. The first kappa shape index (κ1) is 20.0. The molecular formula is C14H26N3O5P. The van der Waals surface area contributed by atoms with E-state index in [1.54, 1.807) is 7.05 Å². The van der Waals surface area contributed by atoms with E-state index in [1.165, 1.54) is 17.2 Å². The lowest BCUT2D eigenvalue weighted by atomic mass is 10.2. The van der Waals surface area contributed by atoms with Gasteiger partial charge in [0.25, 0.3) is 0 Å². The van der Waals surface area contributed by atoms with Gasteiger partial charge in [-0.25, -0.2) is 0 Å². The second-order valence-electron chi connectivity index (χ2n) is 5.03. The Labute approximate surface area is 138 Å². The molecule has 1 fully saturated rings. The second-order valence-corrected chi connectivity index (χ2v) is 6.02. The lowest BCUT2D eigenvalue weighted by Gasteiger charge is -2.21. The number of amidine groups is 1. The van der Waals surface area contributed by atoms with Crippen LogP contribution in [0.1, 0.15) is 32.6 Å². The Bertz CT molecular complexity index is 408. The Morgan fingerprint density at radius 3 is 2.96 bits per heavy atom. The number of nitrogens with zero attached hydrogens (tertiary/aromatic N) is 2. The minimum atomic E-state index is -1.87. The number of unbranched alkanes of at least 4 members (excludes halogenated alkanes) is 1. The van der Waals surface area contributed by atoms with Gasteiger partial charge in [-0.3, -0.25) is 14.7 Å². The van der Waals surface area contributed by atoms with Crippen LogP contribution in [0.3, 0.4) is 0 Å². The molecule has 0 aliphatic carbocycles. The molecule has 1 saturated heterocycles. The van der Waals surface area contributed by atoms with Gasteiger partial charge in [-0.05, 0) is 25.3 Å². The van der Waals surface area contributed by atoms with Gasteiger partial charge < -0.3 is 24.4 Å². The molecule has 0 aromatic rings. The van der Waals surface area contributed by atoms with Crippen molar-refractivity contribution in [2.45, 2.75) is 44.9 Å². The molecule has 1 amide bonds. The lowest BCUT2D eigenvalue weighted by molar-refractivity contribution is -0.127. The van der Waals surface area contributed by atoms with Crippen LogP contribution in [-0.4, -0.2) is 54.6 Å². The standard InChI is InChI=1S/C14H26N3O5P/c1-3-4-9-20-23(19)21-10-12-5-6-14(22-12)17(11-18)8-7-13(15)16-2/h7-8,11-12,14,19H,3-6,9-10H2,1-2H3,(H2,15,16)/b8-7-. The van der Waals surface area contributed by atoms with Crippen molar-refractivity contribution in [2.75, 3.05) is 20.3 Å². The van der Waals surface area contributed by atoms with Gasteiger partial charge in [0.15, 0.2) is 0 Å². The van der Waals surface area contributed by atoms with Gasteiger partial charge in [-0.2, -0.15) is 0 Å². The van der Waals surface area contributed by atoms with E-state index in [1.807, 2.05) is 6.92 Å². The number of rotatable bonds is 11. The zero-order valence-electron chi connectivity index (χ0n) is 13.6. The summed E-state index contributed by atoms with van der Waals surface area (Å²) in [5, 5.41) is 0. The molecule has 0 aromatic carbocycles. The van der Waals surface area contributed by atoms with Gasteiger partial charge in [0.05, 0.1) is 19.3 Å². The number of nitrogens with two attached hydrogens (primary N) is 1. The molecule has 0 aromatic heterocycles. The summed E-state index contributed by atoms with van der Waals surface area (Å²) >= 11 is 0. The van der Waals surface area contributed by atoms with Crippen molar-refractivity contribution in [3.05, 3.63) is 12.3 Å². The van der Waals surface area contributed by atoms with Crippen molar-refractivity contribution >= 4 is 20.8 Å². The van der Waals surface area contributed by atoms with Crippen molar-refractivity contribution in [2.24, 2.45) is 10.7 Å². The zero-order chi connectivity index (χ0) is 17.1. The van der Waals surface area contributed by atoms with Crippen LogP contribution in [0.2, 0.25) is 0 Å². The van der Waals surface area contributed by atoms with Crippen molar-refractivity contribution in [1.82, 2.24) is 4.90 Å². The second kappa shape index (κ2) is 11.5. The normalized spacial score (nSPS) is 23.3. The Hall–Kier alpha value is -1.05. The van der Waals surface area contributed by atoms with Gasteiger partial charge in [0.1, 0.15) is 12.1 Å². The first-order valence-corrected chi connectivity index (χ1v) is 8.77. The highest BCUT2D eigenvalue weighted by molar-refractivity contribution is 7.40. The zero-order valence-corrected chi connectivity index (χ0v) is 14.5. The number of amides is 1. The van der Waals surface area contributed by atoms with Crippen LogP contribution in [0.25, 0.3) is 0 Å². The van der Waals surface area contributed by atoms with E-state index in [2.05, 4.69) is 4.99 Å². The van der Waals surface area contributed by atoms with E-state index in [4.69, 9.17) is 19.5 Å². The number of carbonyl (C=O) groups excluding carboxylic acids is 1. The molecule has 0 saturated carbocycles. The van der Waals surface area contributed by atoms with Gasteiger partial charge in [0, 0.05) is 13.2 Å². The fourth-order valence-electron chi connectivity index (χ4n) is 1.94. The molecular weight excluding hydrogens is 321 g/mol. The molecule has 8 nitrogen and oxygen atoms in total. The predicted molar refractivity (Wildman–Crippen MR) is 88.4 cm³/mol. The fraction of sp³-hybridized carbons (Fsp3) is 0.714. The first-order valence-electron chi connectivity index (χ1n) is 7.64. The third-order valence-corrected chi connectivity index (χ3v) is 4.06. The van der Waals surface area contributed by atoms with Crippen molar-refractivity contribution in [3.63, 3.8) is 0 Å². The Kier molecular flexibility index (Phi) is 9.98. The van der Waals surface area contributed by atoms with Crippen molar-refractivity contribution < 1.29 is 23.5 Å². The Morgan fingerprint density at radius 1 is 1.52 bits per heavy atom. The largest absolute Gasteiger partial charge is 0.384 e. The highest BCUT2D eigenvalue weighted by Crippen LogP contribution is 2.34. The van der Waals surface area contributed by atoms with Gasteiger partial charge >= 0.3 is 8.60 Å². The molecule has 9 heteroatoms. The SMILES string of the molecule is CCCCOP(O)OCC1CCC(N(C=O)/C=C\C(N)=NC)O1. The Morgan fingerprint density at radius 2 is 2.30 bits per heavy atom. The van der Waals surface area contributed by atoms with Crippen LogP contribution in [0.4, 0.5) is 0 Å². The van der Waals surface area contributed by atoms with Crippen LogP contribution < -0.4 is 5.73 Å². The summed E-state index contributed by atoms with van der Waals surface area (Å²) in [6, 6.07) is 0. The molecule has 0 bridgehead atoms. The molecule has 1 aliphatic rings. The average molecular weight is 347 g/mol. The van der Waals surface area contributed by atoms with Crippen LogP contribution >= 0.6 is 8.60 Å². The van der Waals surface area contributed by atoms with E-state index >= 15 is 0 Å². The predicted octanol–water partition coefficient (Wildman–Crippen LogP) is 1.50. The monoisotopic (exact) mass is 347 g/mol. The number of hydrogen-bond donors (Lipinski definition) is 2. The topological polar surface area (TPSA) is 107 Å². The van der Waals surface area contributed by atoms with E-state index in [-0.39, 0.29) is 18.9 Å². The molecule has 0 radical (unpaired) electrons. The van der Waals surface area contributed by atoms with E-state index in [0.29, 0.717) is 25.3 Å². The molecule has 1 rings (SSSR count). The highest BCUT2D eigenvalue weighted by Gasteiger charge is 2.29. The summed E-state index contributed by atoms with van der Waals surface area (Å²) in [6.45, 7) is 2.76. The number of aliphatic imine (C=N–C) groups is 1. The molecule has 3 atom stereocenters. The third-order valence-electron chi connectivity index (χ3n) is 3.29. The van der Waals surface area contributed by atoms with Crippen molar-refractivity contribution in [3.8, 4) is 0 Å². The summed E-state index contributed by atoms with van der Waals surface area (Å²) in [4.78, 5) is 25.9.